The maximum absolute atomic E-state index is 13.3. The number of amides is 1. The summed E-state index contributed by atoms with van der Waals surface area (Å²) in [5.41, 5.74) is 4.14. The average molecular weight is 544 g/mol. The Kier molecular flexibility index (Phi) is 7.56. The Bertz CT molecular complexity index is 1620. The molecule has 2 aromatic heterocycles. The number of rotatable bonds is 9. The molecule has 0 aliphatic rings. The third kappa shape index (κ3) is 6.42. The Morgan fingerprint density at radius 2 is 1.54 bits per heavy atom. The number of halogens is 2. The number of hydrogen-bond donors (Lipinski definition) is 1. The van der Waals surface area contributed by atoms with Crippen molar-refractivity contribution in [3.63, 3.8) is 0 Å². The second kappa shape index (κ2) is 11.4. The lowest BCUT2D eigenvalue weighted by molar-refractivity contribution is -0.137. The summed E-state index contributed by atoms with van der Waals surface area (Å²) in [5.74, 6) is -1.34. The Balaban J connectivity index is 1.30. The first kappa shape index (κ1) is 25.9. The summed E-state index contributed by atoms with van der Waals surface area (Å²) in [7, 11) is 0. The van der Waals surface area contributed by atoms with Gasteiger partial charge in [-0.25, -0.2) is 9.37 Å². The minimum absolute atomic E-state index is 0.0767. The normalized spacial score (nSPS) is 10.9. The Morgan fingerprint density at radius 1 is 0.872 bits per heavy atom. The van der Waals surface area contributed by atoms with Crippen molar-refractivity contribution in [3.05, 3.63) is 125 Å². The zero-order valence-corrected chi connectivity index (χ0v) is 21.4. The summed E-state index contributed by atoms with van der Waals surface area (Å²) in [6, 6.07) is 24.2. The van der Waals surface area contributed by atoms with Gasteiger partial charge in [-0.1, -0.05) is 48.0 Å². The minimum Gasteiger partial charge on any atom is -0.489 e. The zero-order valence-electron chi connectivity index (χ0n) is 20.6. The molecule has 1 amide bonds. The topological polar surface area (TPSA) is 84.1 Å². The summed E-state index contributed by atoms with van der Waals surface area (Å²) < 4.78 is 20.6. The molecule has 7 nitrogen and oxygen atoms in total. The van der Waals surface area contributed by atoms with Crippen LogP contribution in [-0.2, 0) is 17.9 Å². The molecule has 0 spiro atoms. The first-order valence-electron chi connectivity index (χ1n) is 12.1. The number of hydrogen-bond acceptors (Lipinski definition) is 4. The minimum atomic E-state index is -1.13. The van der Waals surface area contributed by atoms with Crippen molar-refractivity contribution in [2.45, 2.75) is 13.2 Å². The smallest absolute Gasteiger partial charge is 0.323 e. The molecule has 5 aromatic rings. The number of ether oxygens (including phenoxy) is 1. The van der Waals surface area contributed by atoms with Gasteiger partial charge >= 0.3 is 5.97 Å². The molecular formula is C30H23ClFN3O4. The van der Waals surface area contributed by atoms with Gasteiger partial charge in [0.05, 0.1) is 0 Å². The molecule has 0 saturated heterocycles. The summed E-state index contributed by atoms with van der Waals surface area (Å²) in [6.45, 7) is -0.129. The number of pyridine rings is 1. The van der Waals surface area contributed by atoms with Crippen LogP contribution >= 0.6 is 11.6 Å². The molecule has 0 atom stereocenters. The van der Waals surface area contributed by atoms with Crippen molar-refractivity contribution >= 4 is 29.1 Å². The summed E-state index contributed by atoms with van der Waals surface area (Å²) in [6.07, 6.45) is 3.45. The highest BCUT2D eigenvalue weighted by molar-refractivity contribution is 6.30. The maximum atomic E-state index is 13.3. The van der Waals surface area contributed by atoms with E-state index in [4.69, 9.17) is 16.3 Å². The molecule has 3 aromatic carbocycles. The van der Waals surface area contributed by atoms with Crippen molar-refractivity contribution in [2.24, 2.45) is 0 Å². The van der Waals surface area contributed by atoms with Gasteiger partial charge in [0.2, 0.25) is 0 Å². The number of nitrogens with zero attached hydrogens (tertiary/aromatic N) is 3. The Labute approximate surface area is 228 Å². The molecule has 5 rings (SSSR count). The van der Waals surface area contributed by atoms with E-state index in [0.29, 0.717) is 16.4 Å². The van der Waals surface area contributed by atoms with E-state index in [1.807, 2.05) is 24.4 Å². The number of aromatic nitrogens is 2. The second-order valence-electron chi connectivity index (χ2n) is 8.93. The molecule has 9 heteroatoms. The van der Waals surface area contributed by atoms with E-state index in [1.165, 1.54) is 17.0 Å². The van der Waals surface area contributed by atoms with E-state index in [9.17, 15) is 19.1 Å². The van der Waals surface area contributed by atoms with Crippen LogP contribution in [0.25, 0.3) is 16.8 Å². The fourth-order valence-electron chi connectivity index (χ4n) is 4.09. The lowest BCUT2D eigenvalue weighted by Crippen LogP contribution is -2.35. The fourth-order valence-corrected chi connectivity index (χ4v) is 4.22. The monoisotopic (exact) mass is 543 g/mol. The number of carboxylic acids is 1. The van der Waals surface area contributed by atoms with Gasteiger partial charge in [-0.3, -0.25) is 9.59 Å². The molecule has 0 bridgehead atoms. The van der Waals surface area contributed by atoms with Crippen molar-refractivity contribution in [3.8, 4) is 16.9 Å². The van der Waals surface area contributed by atoms with Crippen molar-refractivity contribution in [2.75, 3.05) is 6.54 Å². The predicted octanol–water partition coefficient (Wildman–Crippen LogP) is 6.10. The van der Waals surface area contributed by atoms with Crippen LogP contribution in [-0.4, -0.2) is 37.8 Å². The summed E-state index contributed by atoms with van der Waals surface area (Å²) in [4.78, 5) is 30.5. The van der Waals surface area contributed by atoms with Crippen LogP contribution in [0.2, 0.25) is 5.02 Å². The lowest BCUT2D eigenvalue weighted by Gasteiger charge is -2.20. The van der Waals surface area contributed by atoms with Crippen LogP contribution in [0.3, 0.4) is 0 Å². The number of carbonyl (C=O) groups is 2. The summed E-state index contributed by atoms with van der Waals surface area (Å²) >= 11 is 5.99. The fraction of sp³-hybridized carbons (Fsp3) is 0.100. The molecule has 196 valence electrons. The highest BCUT2D eigenvalue weighted by Gasteiger charge is 2.22. The molecule has 0 aliphatic heterocycles. The van der Waals surface area contributed by atoms with Gasteiger partial charge in [0, 0.05) is 24.0 Å². The van der Waals surface area contributed by atoms with Crippen LogP contribution < -0.4 is 4.74 Å². The zero-order chi connectivity index (χ0) is 27.4. The second-order valence-corrected chi connectivity index (χ2v) is 9.37. The van der Waals surface area contributed by atoms with Crippen LogP contribution in [0, 0.1) is 5.82 Å². The van der Waals surface area contributed by atoms with Crippen molar-refractivity contribution in [1.29, 1.82) is 0 Å². The quantitative estimate of drug-likeness (QED) is 0.243. The van der Waals surface area contributed by atoms with Gasteiger partial charge in [-0.2, -0.15) is 0 Å². The molecule has 2 heterocycles. The lowest BCUT2D eigenvalue weighted by atomic mass is 10.1. The Hall–Kier alpha value is -4.69. The van der Waals surface area contributed by atoms with Crippen LogP contribution in [0.15, 0.2) is 97.3 Å². The number of carboxylic acid groups (broad SMARTS) is 1. The third-order valence-corrected chi connectivity index (χ3v) is 6.33. The molecule has 0 fully saturated rings. The molecule has 0 unspecified atom stereocenters. The summed E-state index contributed by atoms with van der Waals surface area (Å²) in [5, 5.41) is 10.1. The first-order valence-corrected chi connectivity index (χ1v) is 12.4. The van der Waals surface area contributed by atoms with Crippen molar-refractivity contribution in [1.82, 2.24) is 14.3 Å². The average Bonchev–Trinajstić information content (AvgIpc) is 3.36. The number of fused-ring (bicyclic) bond motifs is 1. The molecule has 0 aliphatic carbocycles. The largest absolute Gasteiger partial charge is 0.489 e. The Morgan fingerprint density at radius 3 is 2.23 bits per heavy atom. The molecule has 0 saturated carbocycles. The maximum Gasteiger partial charge on any atom is 0.323 e. The van der Waals surface area contributed by atoms with E-state index in [-0.39, 0.29) is 24.7 Å². The van der Waals surface area contributed by atoms with Crippen LogP contribution in [0.4, 0.5) is 4.39 Å². The van der Waals surface area contributed by atoms with E-state index in [2.05, 4.69) is 4.98 Å². The predicted molar refractivity (Wildman–Crippen MR) is 145 cm³/mol. The number of carbonyl (C=O) groups excluding carboxylic acids is 1. The molecule has 39 heavy (non-hydrogen) atoms. The van der Waals surface area contributed by atoms with Crippen molar-refractivity contribution < 1.29 is 23.8 Å². The third-order valence-electron chi connectivity index (χ3n) is 6.08. The molecular weight excluding hydrogens is 521 g/mol. The van der Waals surface area contributed by atoms with Crippen LogP contribution in [0.1, 0.15) is 21.6 Å². The van der Waals surface area contributed by atoms with Gasteiger partial charge in [-0.15, -0.1) is 0 Å². The number of imidazole rings is 1. The number of aliphatic carboxylic acids is 1. The van der Waals surface area contributed by atoms with Gasteiger partial charge in [0.15, 0.2) is 0 Å². The van der Waals surface area contributed by atoms with E-state index >= 15 is 0 Å². The molecule has 1 N–H and O–H groups in total. The highest BCUT2D eigenvalue weighted by atomic mass is 35.5. The van der Waals surface area contributed by atoms with Crippen LogP contribution in [0.5, 0.6) is 5.75 Å². The highest BCUT2D eigenvalue weighted by Crippen LogP contribution is 2.23. The van der Waals surface area contributed by atoms with E-state index < -0.39 is 18.4 Å². The van der Waals surface area contributed by atoms with Gasteiger partial charge in [-0.05, 0) is 70.8 Å². The SMILES string of the molecule is O=C(O)CN(Cc1ccc(OCc2ccc(F)cc2)cc1)C(=O)c1cn2cc(-c3ccc(Cl)cc3)ccc2n1. The van der Waals surface area contributed by atoms with E-state index in [0.717, 1.165) is 22.3 Å². The first-order chi connectivity index (χ1) is 18.8. The van der Waals surface area contributed by atoms with E-state index in [1.54, 1.807) is 65.2 Å². The standard InChI is InChI=1S/C30H23ClFN3O4/c31-24-8-5-22(6-9-24)23-7-14-28-33-27(17-34(28)16-23)30(38)35(18-29(36)37)15-20-3-12-26(13-4-20)39-19-21-1-10-25(32)11-2-21/h1-14,16-17H,15,18-19H2,(H,36,37). The number of benzene rings is 3. The van der Waals surface area contributed by atoms with Gasteiger partial charge in [0.1, 0.15) is 36.1 Å². The van der Waals surface area contributed by atoms with Gasteiger partial charge < -0.3 is 19.1 Å². The van der Waals surface area contributed by atoms with Gasteiger partial charge in [0.25, 0.3) is 5.91 Å². The molecule has 0 radical (unpaired) electrons.